The van der Waals surface area contributed by atoms with Gasteiger partial charge in [0.15, 0.2) is 0 Å². The molecule has 1 N–H and O–H groups in total. The molecule has 6 heteroatoms. The Morgan fingerprint density at radius 3 is 2.65 bits per heavy atom. The van der Waals surface area contributed by atoms with E-state index in [4.69, 9.17) is 11.6 Å². The van der Waals surface area contributed by atoms with Gasteiger partial charge in [-0.1, -0.05) is 19.9 Å². The number of alkyl halides is 3. The molecule has 0 fully saturated rings. The summed E-state index contributed by atoms with van der Waals surface area (Å²) in [6, 6.07) is 5.66. The second-order valence-corrected chi connectivity index (χ2v) is 5.09. The van der Waals surface area contributed by atoms with Crippen LogP contribution in [0.3, 0.4) is 0 Å². The van der Waals surface area contributed by atoms with Crippen LogP contribution in [0.1, 0.15) is 30.6 Å². The van der Waals surface area contributed by atoms with Gasteiger partial charge in [0.2, 0.25) is 0 Å². The maximum absolute atomic E-state index is 12.1. The molecule has 20 heavy (non-hydrogen) atoms. The number of ether oxygens (including phenoxy) is 1. The first kappa shape index (κ1) is 16.7. The van der Waals surface area contributed by atoms with E-state index in [0.29, 0.717) is 12.3 Å². The second-order valence-electron chi connectivity index (χ2n) is 4.71. The third-order valence-electron chi connectivity index (χ3n) is 2.86. The first-order valence-electron chi connectivity index (χ1n) is 6.35. The highest BCUT2D eigenvalue weighted by atomic mass is 35.5. The molecule has 1 aromatic rings. The molecule has 1 unspecified atom stereocenters. The van der Waals surface area contributed by atoms with E-state index in [-0.39, 0.29) is 29.2 Å². The van der Waals surface area contributed by atoms with Gasteiger partial charge >= 0.3 is 6.61 Å². The first-order valence-corrected chi connectivity index (χ1v) is 6.89. The molecule has 0 spiro atoms. The van der Waals surface area contributed by atoms with Crippen molar-refractivity contribution in [2.75, 3.05) is 5.88 Å². The molecule has 0 saturated heterocycles. The highest BCUT2D eigenvalue weighted by Gasteiger charge is 2.17. The molecule has 0 aliphatic rings. The Morgan fingerprint density at radius 1 is 1.40 bits per heavy atom. The van der Waals surface area contributed by atoms with Crippen LogP contribution in [0.5, 0.6) is 5.75 Å². The van der Waals surface area contributed by atoms with Crippen LogP contribution < -0.4 is 10.1 Å². The van der Waals surface area contributed by atoms with Crippen molar-refractivity contribution in [2.24, 2.45) is 5.92 Å². The lowest BCUT2D eigenvalue weighted by Crippen LogP contribution is -2.38. The Labute approximate surface area is 122 Å². The molecular formula is C14H18ClF2NO2. The lowest BCUT2D eigenvalue weighted by Gasteiger charge is -2.21. The highest BCUT2D eigenvalue weighted by Crippen LogP contribution is 2.16. The summed E-state index contributed by atoms with van der Waals surface area (Å²) in [7, 11) is 0. The van der Waals surface area contributed by atoms with Crippen molar-refractivity contribution in [1.82, 2.24) is 5.32 Å². The quantitative estimate of drug-likeness (QED) is 0.781. The van der Waals surface area contributed by atoms with Gasteiger partial charge in [0.25, 0.3) is 5.91 Å². The zero-order valence-electron chi connectivity index (χ0n) is 11.4. The van der Waals surface area contributed by atoms with Crippen molar-refractivity contribution in [3.8, 4) is 5.75 Å². The maximum atomic E-state index is 12.1. The minimum atomic E-state index is -2.91. The minimum absolute atomic E-state index is 0.0360. The summed E-state index contributed by atoms with van der Waals surface area (Å²) in [4.78, 5) is 12.1. The molecular weight excluding hydrogens is 288 g/mol. The van der Waals surface area contributed by atoms with E-state index in [1.807, 2.05) is 13.8 Å². The number of halogens is 3. The predicted octanol–water partition coefficient (Wildman–Crippen LogP) is 3.67. The fourth-order valence-electron chi connectivity index (χ4n) is 1.75. The van der Waals surface area contributed by atoms with Crippen LogP contribution >= 0.6 is 11.6 Å². The molecule has 1 amide bonds. The van der Waals surface area contributed by atoms with E-state index in [2.05, 4.69) is 10.1 Å². The normalized spacial score (nSPS) is 12.6. The standard InChI is InChI=1S/C14H18ClF2NO2/c1-9(2)12(6-7-15)18-13(19)10-4-3-5-11(8-10)20-14(16)17/h3-5,8-9,12,14H,6-7H2,1-2H3,(H,18,19). The molecule has 0 saturated carbocycles. The number of nitrogens with one attached hydrogen (secondary N) is 1. The average molecular weight is 306 g/mol. The first-order chi connectivity index (χ1) is 9.43. The van der Waals surface area contributed by atoms with E-state index >= 15 is 0 Å². The van der Waals surface area contributed by atoms with Crippen molar-refractivity contribution in [1.29, 1.82) is 0 Å². The molecule has 0 aromatic heterocycles. The molecule has 1 aromatic carbocycles. The summed E-state index contributed by atoms with van der Waals surface area (Å²) in [5.74, 6) is 0.315. The number of benzene rings is 1. The maximum Gasteiger partial charge on any atom is 0.387 e. The molecule has 112 valence electrons. The molecule has 0 heterocycles. The highest BCUT2D eigenvalue weighted by molar-refractivity contribution is 6.17. The van der Waals surface area contributed by atoms with E-state index in [1.54, 1.807) is 6.07 Å². The largest absolute Gasteiger partial charge is 0.435 e. The third-order valence-corrected chi connectivity index (χ3v) is 3.08. The van der Waals surface area contributed by atoms with Crippen LogP contribution in [0.15, 0.2) is 24.3 Å². The number of amides is 1. The summed E-state index contributed by atoms with van der Waals surface area (Å²) < 4.78 is 28.5. The number of carbonyl (C=O) groups excluding carboxylic acids is 1. The summed E-state index contributed by atoms with van der Waals surface area (Å²) in [6.07, 6.45) is 0.651. The zero-order chi connectivity index (χ0) is 15.1. The van der Waals surface area contributed by atoms with E-state index in [1.165, 1.54) is 18.2 Å². The fourth-order valence-corrected chi connectivity index (χ4v) is 1.99. The second kappa shape index (κ2) is 8.04. The minimum Gasteiger partial charge on any atom is -0.435 e. The van der Waals surface area contributed by atoms with Crippen LogP contribution in [0.25, 0.3) is 0 Å². The summed E-state index contributed by atoms with van der Waals surface area (Å²) in [5, 5.41) is 2.85. The molecule has 3 nitrogen and oxygen atoms in total. The smallest absolute Gasteiger partial charge is 0.387 e. The zero-order valence-corrected chi connectivity index (χ0v) is 12.2. The van der Waals surface area contributed by atoms with Gasteiger partial charge in [0.05, 0.1) is 0 Å². The fraction of sp³-hybridized carbons (Fsp3) is 0.500. The van der Waals surface area contributed by atoms with E-state index in [0.717, 1.165) is 0 Å². The van der Waals surface area contributed by atoms with Crippen LogP contribution in [-0.2, 0) is 0 Å². The van der Waals surface area contributed by atoms with Gasteiger partial charge < -0.3 is 10.1 Å². The lowest BCUT2D eigenvalue weighted by atomic mass is 10.0. The monoisotopic (exact) mass is 305 g/mol. The lowest BCUT2D eigenvalue weighted by molar-refractivity contribution is -0.0498. The van der Waals surface area contributed by atoms with Gasteiger partial charge in [-0.05, 0) is 30.5 Å². The molecule has 0 radical (unpaired) electrons. The Kier molecular flexibility index (Phi) is 6.71. The number of rotatable bonds is 7. The van der Waals surface area contributed by atoms with E-state index < -0.39 is 6.61 Å². The summed E-state index contributed by atoms with van der Waals surface area (Å²) in [6.45, 7) is 1.05. The summed E-state index contributed by atoms with van der Waals surface area (Å²) in [5.41, 5.74) is 0.281. The van der Waals surface area contributed by atoms with Crippen LogP contribution in [0.2, 0.25) is 0 Å². The van der Waals surface area contributed by atoms with Crippen molar-refractivity contribution in [3.63, 3.8) is 0 Å². The third kappa shape index (κ3) is 5.33. The topological polar surface area (TPSA) is 38.3 Å². The van der Waals surface area contributed by atoms with Crippen LogP contribution in [0.4, 0.5) is 8.78 Å². The van der Waals surface area contributed by atoms with Crippen LogP contribution in [-0.4, -0.2) is 24.4 Å². The van der Waals surface area contributed by atoms with Gasteiger partial charge in [-0.2, -0.15) is 8.78 Å². The molecule has 0 aliphatic carbocycles. The molecule has 1 atom stereocenters. The predicted molar refractivity (Wildman–Crippen MR) is 74.5 cm³/mol. The van der Waals surface area contributed by atoms with Crippen molar-refractivity contribution >= 4 is 17.5 Å². The molecule has 0 aliphatic heterocycles. The average Bonchev–Trinajstić information content (AvgIpc) is 2.37. The SMILES string of the molecule is CC(C)C(CCCl)NC(=O)c1cccc(OC(F)F)c1. The molecule has 0 bridgehead atoms. The van der Waals surface area contributed by atoms with Gasteiger partial charge in [-0.25, -0.2) is 0 Å². The van der Waals surface area contributed by atoms with Gasteiger partial charge in [-0.15, -0.1) is 11.6 Å². The Bertz CT molecular complexity index is 441. The van der Waals surface area contributed by atoms with Gasteiger partial charge in [-0.3, -0.25) is 4.79 Å². The Morgan fingerprint density at radius 2 is 2.10 bits per heavy atom. The number of hydrogen-bond donors (Lipinski definition) is 1. The van der Waals surface area contributed by atoms with Crippen molar-refractivity contribution < 1.29 is 18.3 Å². The number of carbonyl (C=O) groups is 1. The van der Waals surface area contributed by atoms with Crippen molar-refractivity contribution in [3.05, 3.63) is 29.8 Å². The number of hydrogen-bond acceptors (Lipinski definition) is 2. The van der Waals surface area contributed by atoms with Gasteiger partial charge in [0.1, 0.15) is 5.75 Å². The Balaban J connectivity index is 2.75. The van der Waals surface area contributed by atoms with E-state index in [9.17, 15) is 13.6 Å². The Hall–Kier alpha value is -1.36. The van der Waals surface area contributed by atoms with Crippen LogP contribution in [0, 0.1) is 5.92 Å². The summed E-state index contributed by atoms with van der Waals surface area (Å²) >= 11 is 5.70. The molecule has 1 rings (SSSR count). The van der Waals surface area contributed by atoms with Gasteiger partial charge in [0, 0.05) is 17.5 Å². The van der Waals surface area contributed by atoms with Crippen molar-refractivity contribution in [2.45, 2.75) is 32.9 Å².